The van der Waals surface area contributed by atoms with Crippen molar-refractivity contribution >= 4 is 17.5 Å². The summed E-state index contributed by atoms with van der Waals surface area (Å²) in [6.45, 7) is 10.0. The van der Waals surface area contributed by atoms with Crippen LogP contribution in [0.1, 0.15) is 40.5 Å². The summed E-state index contributed by atoms with van der Waals surface area (Å²) in [6.07, 6.45) is 2.09. The average molecular weight is 288 g/mol. The van der Waals surface area contributed by atoms with E-state index < -0.39 is 0 Å². The molecular formula is C15H26ClNO2. The lowest BCUT2D eigenvalue weighted by Crippen LogP contribution is -2.39. The molecule has 0 aromatic carbocycles. The second kappa shape index (κ2) is 6.76. The number of alkyl halides is 1. The minimum atomic E-state index is -0.0297. The maximum Gasteiger partial charge on any atom is 0.241 e. The van der Waals surface area contributed by atoms with E-state index in [2.05, 4.69) is 27.7 Å². The van der Waals surface area contributed by atoms with E-state index in [0.717, 1.165) is 18.5 Å². The number of rotatable bonds is 5. The molecule has 110 valence electrons. The van der Waals surface area contributed by atoms with E-state index in [0.29, 0.717) is 19.1 Å². The maximum atomic E-state index is 12.1. The van der Waals surface area contributed by atoms with Gasteiger partial charge in [0.05, 0.1) is 6.61 Å². The Bertz CT molecular complexity index is 363. The van der Waals surface area contributed by atoms with Gasteiger partial charge in [-0.2, -0.15) is 0 Å². The smallest absolute Gasteiger partial charge is 0.241 e. The van der Waals surface area contributed by atoms with Gasteiger partial charge in [-0.05, 0) is 31.1 Å². The Morgan fingerprint density at radius 2 is 2.16 bits per heavy atom. The van der Waals surface area contributed by atoms with Crippen LogP contribution in [0.25, 0.3) is 0 Å². The van der Waals surface area contributed by atoms with Crippen LogP contribution >= 0.6 is 11.6 Å². The Morgan fingerprint density at radius 3 is 2.68 bits per heavy atom. The topological polar surface area (TPSA) is 29.5 Å². The number of allylic oxidation sites excluding steroid dienone is 2. The third-order valence-electron chi connectivity index (χ3n) is 3.96. The number of nitrogens with zero attached hydrogens (tertiary/aromatic N) is 1. The van der Waals surface area contributed by atoms with Crippen molar-refractivity contribution in [3.05, 3.63) is 11.3 Å². The molecule has 1 aliphatic carbocycles. The van der Waals surface area contributed by atoms with Gasteiger partial charge < -0.3 is 9.64 Å². The van der Waals surface area contributed by atoms with Gasteiger partial charge in [0.1, 0.15) is 5.88 Å². The number of ether oxygens (including phenoxy) is 1. The second-order valence-electron chi connectivity index (χ2n) is 6.25. The number of hydrogen-bond donors (Lipinski definition) is 0. The van der Waals surface area contributed by atoms with Crippen LogP contribution in [0.3, 0.4) is 0 Å². The predicted molar refractivity (Wildman–Crippen MR) is 79.2 cm³/mol. The van der Waals surface area contributed by atoms with Crippen molar-refractivity contribution in [1.29, 1.82) is 0 Å². The molecule has 0 fully saturated rings. The molecule has 1 unspecified atom stereocenters. The average Bonchev–Trinajstić information content (AvgIpc) is 2.34. The van der Waals surface area contributed by atoms with Crippen molar-refractivity contribution in [2.45, 2.75) is 40.5 Å². The highest BCUT2D eigenvalue weighted by Crippen LogP contribution is 2.42. The zero-order chi connectivity index (χ0) is 14.6. The molecule has 1 atom stereocenters. The van der Waals surface area contributed by atoms with Crippen molar-refractivity contribution in [3.63, 3.8) is 0 Å². The van der Waals surface area contributed by atoms with Gasteiger partial charge in [0.25, 0.3) is 0 Å². The number of carbonyl (C=O) groups excluding carboxylic acids is 1. The molecule has 0 bridgehead atoms. The Kier molecular flexibility index (Phi) is 5.87. The van der Waals surface area contributed by atoms with Gasteiger partial charge in [-0.15, -0.1) is 11.6 Å². The van der Waals surface area contributed by atoms with Crippen molar-refractivity contribution in [3.8, 4) is 0 Å². The molecular weight excluding hydrogens is 262 g/mol. The lowest BCUT2D eigenvalue weighted by Gasteiger charge is -2.40. The van der Waals surface area contributed by atoms with Gasteiger partial charge >= 0.3 is 0 Å². The highest BCUT2D eigenvalue weighted by molar-refractivity contribution is 6.27. The summed E-state index contributed by atoms with van der Waals surface area (Å²) in [4.78, 5) is 13.9. The fraction of sp³-hybridized carbons (Fsp3) is 0.800. The lowest BCUT2D eigenvalue weighted by molar-refractivity contribution is -0.127. The van der Waals surface area contributed by atoms with Gasteiger partial charge in [0.2, 0.25) is 5.91 Å². The summed E-state index contributed by atoms with van der Waals surface area (Å²) in [6, 6.07) is 0. The van der Waals surface area contributed by atoms with E-state index in [-0.39, 0.29) is 17.2 Å². The summed E-state index contributed by atoms with van der Waals surface area (Å²) in [5, 5.41) is 0. The predicted octanol–water partition coefficient (Wildman–Crippen LogP) is 3.43. The zero-order valence-electron chi connectivity index (χ0n) is 12.8. The largest absolute Gasteiger partial charge is 0.383 e. The Morgan fingerprint density at radius 1 is 1.53 bits per heavy atom. The summed E-state index contributed by atoms with van der Waals surface area (Å²) in [7, 11) is 1.65. The van der Waals surface area contributed by atoms with Crippen LogP contribution in [0.5, 0.6) is 0 Å². The first-order valence-corrected chi connectivity index (χ1v) is 7.40. The van der Waals surface area contributed by atoms with Crippen LogP contribution in [-0.2, 0) is 9.53 Å². The Balaban J connectivity index is 3.04. The monoisotopic (exact) mass is 287 g/mol. The van der Waals surface area contributed by atoms with E-state index in [1.165, 1.54) is 5.57 Å². The van der Waals surface area contributed by atoms with Crippen LogP contribution in [-0.4, -0.2) is 36.9 Å². The van der Waals surface area contributed by atoms with Crippen molar-refractivity contribution in [2.24, 2.45) is 11.3 Å². The molecule has 0 aliphatic heterocycles. The number of carbonyl (C=O) groups is 1. The quantitative estimate of drug-likeness (QED) is 0.725. The molecule has 0 N–H and O–H groups in total. The molecule has 1 rings (SSSR count). The third kappa shape index (κ3) is 4.22. The lowest BCUT2D eigenvalue weighted by atomic mass is 9.71. The first-order valence-electron chi connectivity index (χ1n) is 6.87. The van der Waals surface area contributed by atoms with Gasteiger partial charge in [-0.25, -0.2) is 0 Å². The summed E-state index contributed by atoms with van der Waals surface area (Å²) in [5.41, 5.74) is 2.69. The van der Waals surface area contributed by atoms with Gasteiger partial charge in [-0.3, -0.25) is 4.79 Å². The van der Waals surface area contributed by atoms with Crippen LogP contribution < -0.4 is 0 Å². The van der Waals surface area contributed by atoms with Crippen molar-refractivity contribution < 1.29 is 9.53 Å². The van der Waals surface area contributed by atoms with E-state index in [1.54, 1.807) is 7.11 Å². The molecule has 3 nitrogen and oxygen atoms in total. The molecule has 0 heterocycles. The molecule has 4 heteroatoms. The molecule has 0 aromatic rings. The molecule has 0 saturated heterocycles. The number of halogens is 1. The molecule has 0 spiro atoms. The van der Waals surface area contributed by atoms with Crippen LogP contribution in [0.15, 0.2) is 11.3 Å². The fourth-order valence-corrected chi connectivity index (χ4v) is 3.05. The molecule has 1 aliphatic rings. The molecule has 0 radical (unpaired) electrons. The first-order chi connectivity index (χ1) is 8.82. The number of amides is 1. The van der Waals surface area contributed by atoms with Gasteiger partial charge in [-0.1, -0.05) is 26.3 Å². The molecule has 0 aromatic heterocycles. The highest BCUT2D eigenvalue weighted by atomic mass is 35.5. The normalized spacial score (nSPS) is 22.5. The minimum Gasteiger partial charge on any atom is -0.383 e. The van der Waals surface area contributed by atoms with E-state index in [9.17, 15) is 4.79 Å². The van der Waals surface area contributed by atoms with Crippen molar-refractivity contribution in [1.82, 2.24) is 4.90 Å². The second-order valence-corrected chi connectivity index (χ2v) is 6.51. The van der Waals surface area contributed by atoms with Crippen LogP contribution in [0.2, 0.25) is 0 Å². The van der Waals surface area contributed by atoms with Crippen LogP contribution in [0, 0.1) is 11.3 Å². The standard InChI is InChI=1S/C15H26ClNO2/c1-11-8-15(3,4)9-13(12(11)2)17(6-7-19-5)14(18)10-16/h11H,6-10H2,1-5H3. The zero-order valence-corrected chi connectivity index (χ0v) is 13.5. The Hall–Kier alpha value is -0.540. The van der Waals surface area contributed by atoms with Crippen molar-refractivity contribution in [2.75, 3.05) is 26.1 Å². The highest BCUT2D eigenvalue weighted by Gasteiger charge is 2.33. The third-order valence-corrected chi connectivity index (χ3v) is 4.19. The van der Waals surface area contributed by atoms with E-state index in [1.807, 2.05) is 4.90 Å². The minimum absolute atomic E-state index is 0.0231. The fourth-order valence-electron chi connectivity index (χ4n) is 2.90. The van der Waals surface area contributed by atoms with Gasteiger partial charge in [0, 0.05) is 19.4 Å². The van der Waals surface area contributed by atoms with E-state index >= 15 is 0 Å². The molecule has 19 heavy (non-hydrogen) atoms. The first kappa shape index (κ1) is 16.5. The number of hydrogen-bond acceptors (Lipinski definition) is 2. The summed E-state index contributed by atoms with van der Waals surface area (Å²) >= 11 is 5.75. The molecule has 1 amide bonds. The van der Waals surface area contributed by atoms with Crippen LogP contribution in [0.4, 0.5) is 0 Å². The molecule has 0 saturated carbocycles. The maximum absolute atomic E-state index is 12.1. The van der Waals surface area contributed by atoms with Gasteiger partial charge in [0.15, 0.2) is 0 Å². The van der Waals surface area contributed by atoms with E-state index in [4.69, 9.17) is 16.3 Å². The number of methoxy groups -OCH3 is 1. The summed E-state index contributed by atoms with van der Waals surface area (Å²) < 4.78 is 5.11. The SMILES string of the molecule is COCCN(C(=O)CCl)C1=C(C)C(C)CC(C)(C)C1. The Labute approximate surface area is 121 Å². The summed E-state index contributed by atoms with van der Waals surface area (Å²) in [5.74, 6) is 0.500.